The van der Waals surface area contributed by atoms with Crippen LogP contribution in [0.5, 0.6) is 0 Å². The van der Waals surface area contributed by atoms with Crippen LogP contribution in [0.25, 0.3) is 0 Å². The van der Waals surface area contributed by atoms with E-state index in [9.17, 15) is 19.1 Å². The maximum Gasteiger partial charge on any atom is 0.321 e. The molecule has 1 amide bonds. The third kappa shape index (κ3) is 3.68. The number of benzene rings is 1. The van der Waals surface area contributed by atoms with Crippen molar-refractivity contribution >= 4 is 23.5 Å². The highest BCUT2D eigenvalue weighted by molar-refractivity contribution is 6.30. The fourth-order valence-corrected chi connectivity index (χ4v) is 2.09. The third-order valence-electron chi connectivity index (χ3n) is 2.84. The van der Waals surface area contributed by atoms with Gasteiger partial charge in [-0.05, 0) is 19.0 Å². The minimum Gasteiger partial charge on any atom is -0.480 e. The Kier molecular flexibility index (Phi) is 5.91. The van der Waals surface area contributed by atoms with Crippen LogP contribution in [-0.2, 0) is 9.59 Å². The molecule has 0 saturated carbocycles. The Morgan fingerprint density at radius 3 is 2.65 bits per heavy atom. The van der Waals surface area contributed by atoms with E-state index in [0.717, 1.165) is 0 Å². The normalized spacial score (nSPS) is 13.8. The van der Waals surface area contributed by atoms with E-state index in [1.165, 1.54) is 18.2 Å². The summed E-state index contributed by atoms with van der Waals surface area (Å²) < 4.78 is 14.0. The number of halogens is 2. The van der Waals surface area contributed by atoms with Gasteiger partial charge in [0.1, 0.15) is 11.9 Å². The lowest BCUT2D eigenvalue weighted by Crippen LogP contribution is -2.47. The van der Waals surface area contributed by atoms with Crippen LogP contribution in [0, 0.1) is 5.82 Å². The largest absolute Gasteiger partial charge is 0.480 e. The topological polar surface area (TPSA) is 92.4 Å². The second kappa shape index (κ2) is 7.21. The SMILES string of the molecule is CCCN[C@@H](C(=O)O)[C@@H](C(N)=O)c1cccc(Cl)c1F. The van der Waals surface area contributed by atoms with E-state index >= 15 is 0 Å². The predicted octanol–water partition coefficient (Wildman–Crippen LogP) is 1.50. The summed E-state index contributed by atoms with van der Waals surface area (Å²) in [7, 11) is 0. The average molecular weight is 303 g/mol. The molecule has 110 valence electrons. The summed E-state index contributed by atoms with van der Waals surface area (Å²) in [6, 6.07) is 2.75. The van der Waals surface area contributed by atoms with E-state index in [1.54, 1.807) is 0 Å². The number of rotatable bonds is 7. The highest BCUT2D eigenvalue weighted by atomic mass is 35.5. The number of carboxylic acid groups (broad SMARTS) is 1. The summed E-state index contributed by atoms with van der Waals surface area (Å²) in [6.07, 6.45) is 0.660. The van der Waals surface area contributed by atoms with E-state index in [0.29, 0.717) is 13.0 Å². The van der Waals surface area contributed by atoms with Crippen LogP contribution in [0.15, 0.2) is 18.2 Å². The fraction of sp³-hybridized carbons (Fsp3) is 0.385. The zero-order valence-corrected chi connectivity index (χ0v) is 11.7. The highest BCUT2D eigenvalue weighted by Gasteiger charge is 2.35. The summed E-state index contributed by atoms with van der Waals surface area (Å²) >= 11 is 5.66. The monoisotopic (exact) mass is 302 g/mol. The molecule has 1 rings (SSSR count). The van der Waals surface area contributed by atoms with Gasteiger partial charge in [0.05, 0.1) is 10.9 Å². The number of aliphatic carboxylic acids is 1. The molecule has 4 N–H and O–H groups in total. The smallest absolute Gasteiger partial charge is 0.321 e. The summed E-state index contributed by atoms with van der Waals surface area (Å²) in [5.41, 5.74) is 5.12. The van der Waals surface area contributed by atoms with E-state index in [-0.39, 0.29) is 10.6 Å². The van der Waals surface area contributed by atoms with Gasteiger partial charge in [-0.25, -0.2) is 4.39 Å². The standard InChI is InChI=1S/C13H16ClFN2O3/c1-2-6-17-11(13(19)20)9(12(16)18)7-4-3-5-8(14)10(7)15/h3-5,9,11,17H,2,6H2,1H3,(H2,16,18)(H,19,20)/t9-,11+/m0/s1. The number of hydrogen-bond acceptors (Lipinski definition) is 3. The first-order chi connectivity index (χ1) is 9.40. The number of hydrogen-bond donors (Lipinski definition) is 3. The van der Waals surface area contributed by atoms with E-state index in [1.807, 2.05) is 6.92 Å². The fourth-order valence-electron chi connectivity index (χ4n) is 1.91. The van der Waals surface area contributed by atoms with Crippen molar-refractivity contribution < 1.29 is 19.1 Å². The lowest BCUT2D eigenvalue weighted by Gasteiger charge is -2.23. The highest BCUT2D eigenvalue weighted by Crippen LogP contribution is 2.27. The van der Waals surface area contributed by atoms with Crippen LogP contribution in [0.1, 0.15) is 24.8 Å². The molecule has 0 aliphatic heterocycles. The van der Waals surface area contributed by atoms with Crippen LogP contribution in [0.4, 0.5) is 4.39 Å². The number of carbonyl (C=O) groups excluding carboxylic acids is 1. The van der Waals surface area contributed by atoms with Gasteiger partial charge in [0.2, 0.25) is 5.91 Å². The predicted molar refractivity (Wildman–Crippen MR) is 73.1 cm³/mol. The van der Waals surface area contributed by atoms with Gasteiger partial charge in [-0.1, -0.05) is 30.7 Å². The molecule has 1 aromatic rings. The number of carbonyl (C=O) groups is 2. The van der Waals surface area contributed by atoms with E-state index in [4.69, 9.17) is 17.3 Å². The molecular formula is C13H16ClFN2O3. The molecule has 0 radical (unpaired) electrons. The second-order valence-corrected chi connectivity index (χ2v) is 4.70. The third-order valence-corrected chi connectivity index (χ3v) is 3.13. The number of carboxylic acids is 1. The van der Waals surface area contributed by atoms with Crippen LogP contribution in [0.2, 0.25) is 5.02 Å². The molecule has 0 spiro atoms. The quantitative estimate of drug-likeness (QED) is 0.711. The number of nitrogens with one attached hydrogen (secondary N) is 1. The summed E-state index contributed by atoms with van der Waals surface area (Å²) in [5, 5.41) is 11.7. The Morgan fingerprint density at radius 1 is 1.50 bits per heavy atom. The van der Waals surface area contributed by atoms with Crippen molar-refractivity contribution in [2.45, 2.75) is 25.3 Å². The molecule has 5 nitrogen and oxygen atoms in total. The molecule has 7 heteroatoms. The van der Waals surface area contributed by atoms with E-state index in [2.05, 4.69) is 5.32 Å². The molecule has 0 heterocycles. The van der Waals surface area contributed by atoms with Crippen molar-refractivity contribution in [3.05, 3.63) is 34.6 Å². The van der Waals surface area contributed by atoms with Crippen LogP contribution in [-0.4, -0.2) is 29.6 Å². The van der Waals surface area contributed by atoms with Gasteiger partial charge in [0, 0.05) is 5.56 Å². The van der Waals surface area contributed by atoms with Crippen LogP contribution in [0.3, 0.4) is 0 Å². The number of nitrogens with two attached hydrogens (primary N) is 1. The maximum atomic E-state index is 14.0. The minimum absolute atomic E-state index is 0.124. The molecule has 0 bridgehead atoms. The molecule has 0 aromatic heterocycles. The van der Waals surface area contributed by atoms with Gasteiger partial charge in [-0.3, -0.25) is 9.59 Å². The van der Waals surface area contributed by atoms with Crippen molar-refractivity contribution in [3.63, 3.8) is 0 Å². The molecule has 1 aromatic carbocycles. The van der Waals surface area contributed by atoms with Crippen molar-refractivity contribution in [3.8, 4) is 0 Å². The Labute approximate surface area is 120 Å². The van der Waals surface area contributed by atoms with Gasteiger partial charge < -0.3 is 16.2 Å². The second-order valence-electron chi connectivity index (χ2n) is 4.29. The van der Waals surface area contributed by atoms with Crippen molar-refractivity contribution in [1.82, 2.24) is 5.32 Å². The average Bonchev–Trinajstić information content (AvgIpc) is 2.37. The Morgan fingerprint density at radius 2 is 2.15 bits per heavy atom. The molecule has 20 heavy (non-hydrogen) atoms. The first kappa shape index (κ1) is 16.4. The summed E-state index contributed by atoms with van der Waals surface area (Å²) in [5.74, 6) is -4.37. The molecule has 0 unspecified atom stereocenters. The minimum atomic E-state index is -1.34. The Balaban J connectivity index is 3.24. The maximum absolute atomic E-state index is 14.0. The molecule has 0 fully saturated rings. The lowest BCUT2D eigenvalue weighted by atomic mass is 9.90. The van der Waals surface area contributed by atoms with Crippen LogP contribution >= 0.6 is 11.6 Å². The zero-order chi connectivity index (χ0) is 15.3. The summed E-state index contributed by atoms with van der Waals surface area (Å²) in [4.78, 5) is 22.9. The molecule has 0 aliphatic carbocycles. The number of primary amides is 1. The number of amides is 1. The van der Waals surface area contributed by atoms with Gasteiger partial charge in [-0.2, -0.15) is 0 Å². The zero-order valence-electron chi connectivity index (χ0n) is 10.9. The van der Waals surface area contributed by atoms with Gasteiger partial charge in [0.15, 0.2) is 0 Å². The summed E-state index contributed by atoms with van der Waals surface area (Å²) in [6.45, 7) is 2.20. The van der Waals surface area contributed by atoms with Crippen molar-refractivity contribution in [2.75, 3.05) is 6.54 Å². The Hall–Kier alpha value is -1.66. The molecule has 0 saturated heterocycles. The van der Waals surface area contributed by atoms with Gasteiger partial charge >= 0.3 is 5.97 Å². The van der Waals surface area contributed by atoms with Crippen molar-refractivity contribution in [2.24, 2.45) is 5.73 Å². The van der Waals surface area contributed by atoms with Gasteiger partial charge in [0.25, 0.3) is 0 Å². The molecule has 2 atom stereocenters. The molecular weight excluding hydrogens is 287 g/mol. The van der Waals surface area contributed by atoms with Crippen LogP contribution < -0.4 is 11.1 Å². The van der Waals surface area contributed by atoms with E-state index < -0.39 is 29.7 Å². The molecule has 0 aliphatic rings. The van der Waals surface area contributed by atoms with Gasteiger partial charge in [-0.15, -0.1) is 0 Å². The first-order valence-electron chi connectivity index (χ1n) is 6.09. The Bertz CT molecular complexity index is 510. The lowest BCUT2D eigenvalue weighted by molar-refractivity contribution is -0.142. The first-order valence-corrected chi connectivity index (χ1v) is 6.47. The van der Waals surface area contributed by atoms with Crippen molar-refractivity contribution in [1.29, 1.82) is 0 Å².